The molecule has 30 heavy (non-hydrogen) atoms. The first kappa shape index (κ1) is 19.4. The summed E-state index contributed by atoms with van der Waals surface area (Å²) < 4.78 is 19.6. The molecule has 0 saturated carbocycles. The number of rotatable bonds is 4. The highest BCUT2D eigenvalue weighted by molar-refractivity contribution is 6.07. The number of hydrogen-bond donors (Lipinski definition) is 3. The van der Waals surface area contributed by atoms with Crippen molar-refractivity contribution in [3.05, 3.63) is 83.3 Å². The van der Waals surface area contributed by atoms with Gasteiger partial charge in [-0.25, -0.2) is 9.18 Å². The van der Waals surface area contributed by atoms with Crippen LogP contribution in [0.2, 0.25) is 0 Å². The molecular formula is C23H20FN3O3. The second-order valence-corrected chi connectivity index (χ2v) is 6.91. The monoisotopic (exact) mass is 405 g/mol. The number of para-hydroxylation sites is 1. The van der Waals surface area contributed by atoms with E-state index in [1.54, 1.807) is 25.1 Å². The van der Waals surface area contributed by atoms with Crippen LogP contribution in [0.1, 0.15) is 18.5 Å². The lowest BCUT2D eigenvalue weighted by Gasteiger charge is -2.30. The number of allylic oxidation sites excluding steroid dienone is 1. The highest BCUT2D eigenvalue weighted by Gasteiger charge is 2.34. The van der Waals surface area contributed by atoms with Gasteiger partial charge in [-0.05, 0) is 35.9 Å². The smallest absolute Gasteiger partial charge is 0.319 e. The molecule has 0 fully saturated rings. The van der Waals surface area contributed by atoms with Crippen molar-refractivity contribution >= 4 is 28.4 Å². The van der Waals surface area contributed by atoms with Crippen LogP contribution >= 0.6 is 0 Å². The Bertz CT molecular complexity index is 1190. The number of urea groups is 1. The maximum Gasteiger partial charge on any atom is 0.319 e. The van der Waals surface area contributed by atoms with Crippen molar-refractivity contribution < 1.29 is 18.7 Å². The zero-order valence-corrected chi connectivity index (χ0v) is 16.5. The topological polar surface area (TPSA) is 79.5 Å². The van der Waals surface area contributed by atoms with Gasteiger partial charge in [-0.1, -0.05) is 42.5 Å². The third kappa shape index (κ3) is 3.45. The molecule has 0 spiro atoms. The van der Waals surface area contributed by atoms with Gasteiger partial charge < -0.3 is 20.7 Å². The summed E-state index contributed by atoms with van der Waals surface area (Å²) in [6.07, 6.45) is 0. The van der Waals surface area contributed by atoms with Gasteiger partial charge in [0.15, 0.2) is 0 Å². The molecule has 6 nitrogen and oxygen atoms in total. The average molecular weight is 405 g/mol. The fraction of sp³-hybridized carbons (Fsp3) is 0.130. The molecule has 3 aromatic rings. The normalized spacial score (nSPS) is 16.1. The Balaban J connectivity index is 1.85. The summed E-state index contributed by atoms with van der Waals surface area (Å²) in [5.41, 5.74) is 1.37. The number of hydrogen-bond acceptors (Lipinski definition) is 3. The molecular weight excluding hydrogens is 385 g/mol. The molecule has 3 amide bonds. The number of halogens is 1. The Labute approximate surface area is 172 Å². The molecule has 0 aliphatic carbocycles. The van der Waals surface area contributed by atoms with Crippen molar-refractivity contribution in [2.45, 2.75) is 13.0 Å². The number of methoxy groups -OCH3 is 1. The third-order valence-corrected chi connectivity index (χ3v) is 5.08. The van der Waals surface area contributed by atoms with E-state index in [0.717, 1.165) is 10.8 Å². The van der Waals surface area contributed by atoms with Crippen LogP contribution in [-0.4, -0.2) is 19.0 Å². The van der Waals surface area contributed by atoms with Crippen molar-refractivity contribution in [1.82, 2.24) is 10.6 Å². The fourth-order valence-corrected chi connectivity index (χ4v) is 3.71. The summed E-state index contributed by atoms with van der Waals surface area (Å²) in [5.74, 6) is -0.536. The van der Waals surface area contributed by atoms with Crippen molar-refractivity contribution in [3.63, 3.8) is 0 Å². The number of amides is 3. The fourth-order valence-electron chi connectivity index (χ4n) is 3.71. The van der Waals surface area contributed by atoms with Crippen LogP contribution in [0.4, 0.5) is 14.9 Å². The SMILES string of the molecule is COc1ccc2ccccc2c1C1NC(=O)NC(C)=C1C(=O)Nc1ccccc1F. The number of fused-ring (bicyclic) bond motifs is 1. The van der Waals surface area contributed by atoms with Gasteiger partial charge in [-0.3, -0.25) is 4.79 Å². The number of carbonyl (C=O) groups excluding carboxylic acids is 2. The van der Waals surface area contributed by atoms with E-state index in [4.69, 9.17) is 4.74 Å². The van der Waals surface area contributed by atoms with Gasteiger partial charge in [0.1, 0.15) is 11.6 Å². The largest absolute Gasteiger partial charge is 0.496 e. The lowest BCUT2D eigenvalue weighted by atomic mass is 9.90. The van der Waals surface area contributed by atoms with Crippen LogP contribution < -0.4 is 20.7 Å². The molecule has 1 heterocycles. The van der Waals surface area contributed by atoms with E-state index >= 15 is 0 Å². The maximum absolute atomic E-state index is 14.1. The molecule has 4 rings (SSSR count). The minimum Gasteiger partial charge on any atom is -0.496 e. The molecule has 0 aromatic heterocycles. The van der Waals surface area contributed by atoms with E-state index in [-0.39, 0.29) is 11.3 Å². The molecule has 3 N–H and O–H groups in total. The predicted octanol–water partition coefficient (Wildman–Crippen LogP) is 4.25. The molecule has 1 atom stereocenters. The Hall–Kier alpha value is -3.87. The summed E-state index contributed by atoms with van der Waals surface area (Å²) in [6.45, 7) is 1.64. The average Bonchev–Trinajstić information content (AvgIpc) is 2.73. The van der Waals surface area contributed by atoms with E-state index in [0.29, 0.717) is 17.0 Å². The zero-order chi connectivity index (χ0) is 21.3. The van der Waals surface area contributed by atoms with Crippen LogP contribution in [0.3, 0.4) is 0 Å². The van der Waals surface area contributed by atoms with Gasteiger partial charge in [0, 0.05) is 11.3 Å². The molecule has 1 unspecified atom stereocenters. The van der Waals surface area contributed by atoms with Gasteiger partial charge in [0.25, 0.3) is 5.91 Å². The summed E-state index contributed by atoms with van der Waals surface area (Å²) in [6, 6.07) is 16.0. The first-order valence-electron chi connectivity index (χ1n) is 9.39. The Morgan fingerprint density at radius 2 is 1.80 bits per heavy atom. The lowest BCUT2D eigenvalue weighted by molar-refractivity contribution is -0.113. The van der Waals surface area contributed by atoms with E-state index in [9.17, 15) is 14.0 Å². The number of nitrogens with one attached hydrogen (secondary N) is 3. The predicted molar refractivity (Wildman–Crippen MR) is 113 cm³/mol. The number of benzene rings is 3. The Morgan fingerprint density at radius 1 is 1.07 bits per heavy atom. The van der Waals surface area contributed by atoms with Crippen LogP contribution in [0.5, 0.6) is 5.75 Å². The first-order valence-corrected chi connectivity index (χ1v) is 9.39. The number of carbonyl (C=O) groups is 2. The van der Waals surface area contributed by atoms with Crippen LogP contribution in [-0.2, 0) is 4.79 Å². The van der Waals surface area contributed by atoms with Gasteiger partial charge in [0.05, 0.1) is 24.4 Å². The highest BCUT2D eigenvalue weighted by atomic mass is 19.1. The van der Waals surface area contributed by atoms with Crippen molar-refractivity contribution in [1.29, 1.82) is 0 Å². The molecule has 0 bridgehead atoms. The van der Waals surface area contributed by atoms with Crippen molar-refractivity contribution in [2.24, 2.45) is 0 Å². The van der Waals surface area contributed by atoms with Crippen LogP contribution in [0, 0.1) is 5.82 Å². The summed E-state index contributed by atoms with van der Waals surface area (Å²) in [7, 11) is 1.53. The summed E-state index contributed by atoms with van der Waals surface area (Å²) >= 11 is 0. The summed E-state index contributed by atoms with van der Waals surface area (Å²) in [5, 5.41) is 9.83. The second-order valence-electron chi connectivity index (χ2n) is 6.91. The van der Waals surface area contributed by atoms with E-state index < -0.39 is 23.8 Å². The van der Waals surface area contributed by atoms with E-state index in [2.05, 4.69) is 16.0 Å². The number of ether oxygens (including phenoxy) is 1. The highest BCUT2D eigenvalue weighted by Crippen LogP contribution is 2.38. The minimum atomic E-state index is -0.786. The molecule has 152 valence electrons. The Morgan fingerprint density at radius 3 is 2.57 bits per heavy atom. The summed E-state index contributed by atoms with van der Waals surface area (Å²) in [4.78, 5) is 25.5. The van der Waals surface area contributed by atoms with Crippen molar-refractivity contribution in [3.8, 4) is 5.75 Å². The third-order valence-electron chi connectivity index (χ3n) is 5.08. The quantitative estimate of drug-likeness (QED) is 0.607. The molecule has 7 heteroatoms. The van der Waals surface area contributed by atoms with Gasteiger partial charge in [-0.15, -0.1) is 0 Å². The molecule has 0 radical (unpaired) electrons. The van der Waals surface area contributed by atoms with Crippen molar-refractivity contribution in [2.75, 3.05) is 12.4 Å². The molecule has 1 aliphatic heterocycles. The van der Waals surface area contributed by atoms with E-state index in [1.165, 1.54) is 19.2 Å². The lowest BCUT2D eigenvalue weighted by Crippen LogP contribution is -2.46. The van der Waals surface area contributed by atoms with Crippen LogP contribution in [0.15, 0.2) is 71.9 Å². The second kappa shape index (κ2) is 7.87. The Kier molecular flexibility index (Phi) is 5.10. The molecule has 0 saturated heterocycles. The van der Waals surface area contributed by atoms with Crippen LogP contribution in [0.25, 0.3) is 10.8 Å². The molecule has 1 aliphatic rings. The first-order chi connectivity index (χ1) is 14.5. The maximum atomic E-state index is 14.1. The zero-order valence-electron chi connectivity index (χ0n) is 16.5. The van der Waals surface area contributed by atoms with E-state index in [1.807, 2.05) is 30.3 Å². The number of anilines is 1. The minimum absolute atomic E-state index is 0.0586. The van der Waals surface area contributed by atoms with Gasteiger partial charge in [-0.2, -0.15) is 0 Å². The van der Waals surface area contributed by atoms with Gasteiger partial charge >= 0.3 is 6.03 Å². The molecule has 3 aromatic carbocycles. The standard InChI is InChI=1S/C23H20FN3O3/c1-13-19(22(28)26-17-10-6-5-9-16(17)24)21(27-23(29)25-13)20-15-8-4-3-7-14(15)11-12-18(20)30-2/h3-12,21H,1-2H3,(H,26,28)(H2,25,27,29). The van der Waals surface area contributed by atoms with Gasteiger partial charge in [0.2, 0.25) is 0 Å².